The highest BCUT2D eigenvalue weighted by Crippen LogP contribution is 2.37. The standard InChI is InChI=1S/C17H14N2O2/c1-2-16-18-13-6-4-3-5-12(13)17(19-16)11-7-8-14-15(9-11)21-10-20-14/h3-9H,2,10H2,1H3. The van der Waals surface area contributed by atoms with Crippen molar-refractivity contribution in [2.75, 3.05) is 6.79 Å². The zero-order chi connectivity index (χ0) is 14.2. The summed E-state index contributed by atoms with van der Waals surface area (Å²) in [7, 11) is 0. The van der Waals surface area contributed by atoms with Crippen LogP contribution in [0.3, 0.4) is 0 Å². The lowest BCUT2D eigenvalue weighted by Crippen LogP contribution is -1.97. The molecule has 0 atom stereocenters. The predicted molar refractivity (Wildman–Crippen MR) is 80.5 cm³/mol. The van der Waals surface area contributed by atoms with E-state index in [-0.39, 0.29) is 6.79 Å². The second-order valence-corrected chi connectivity index (χ2v) is 4.93. The van der Waals surface area contributed by atoms with Crippen LogP contribution in [0.4, 0.5) is 0 Å². The predicted octanol–water partition coefficient (Wildman–Crippen LogP) is 3.59. The number of nitrogens with zero attached hydrogens (tertiary/aromatic N) is 2. The molecule has 2 heterocycles. The Morgan fingerprint density at radius 2 is 1.86 bits per heavy atom. The van der Waals surface area contributed by atoms with Crippen molar-refractivity contribution in [2.45, 2.75) is 13.3 Å². The second kappa shape index (κ2) is 4.74. The first-order chi connectivity index (χ1) is 10.3. The van der Waals surface area contributed by atoms with Crippen LogP contribution in [0.5, 0.6) is 11.5 Å². The third kappa shape index (κ3) is 2.00. The van der Waals surface area contributed by atoms with Crippen LogP contribution in [0.15, 0.2) is 42.5 Å². The van der Waals surface area contributed by atoms with Gasteiger partial charge in [0.1, 0.15) is 5.82 Å². The summed E-state index contributed by atoms with van der Waals surface area (Å²) < 4.78 is 10.8. The van der Waals surface area contributed by atoms with E-state index in [4.69, 9.17) is 14.5 Å². The Kier molecular flexibility index (Phi) is 2.74. The van der Waals surface area contributed by atoms with Crippen molar-refractivity contribution in [1.29, 1.82) is 0 Å². The summed E-state index contributed by atoms with van der Waals surface area (Å²) in [5.41, 5.74) is 2.93. The van der Waals surface area contributed by atoms with Crippen molar-refractivity contribution >= 4 is 10.9 Å². The second-order valence-electron chi connectivity index (χ2n) is 4.93. The van der Waals surface area contributed by atoms with Gasteiger partial charge in [0.2, 0.25) is 6.79 Å². The van der Waals surface area contributed by atoms with E-state index < -0.39 is 0 Å². The summed E-state index contributed by atoms with van der Waals surface area (Å²) in [6.45, 7) is 2.34. The van der Waals surface area contributed by atoms with Crippen LogP contribution < -0.4 is 9.47 Å². The number of aryl methyl sites for hydroxylation is 1. The Hall–Kier alpha value is -2.62. The molecule has 0 fully saturated rings. The molecule has 4 nitrogen and oxygen atoms in total. The Morgan fingerprint density at radius 3 is 2.76 bits per heavy atom. The number of hydrogen-bond acceptors (Lipinski definition) is 4. The van der Waals surface area contributed by atoms with Crippen molar-refractivity contribution in [1.82, 2.24) is 9.97 Å². The minimum Gasteiger partial charge on any atom is -0.454 e. The molecule has 0 N–H and O–H groups in total. The van der Waals surface area contributed by atoms with Gasteiger partial charge in [0.05, 0.1) is 11.2 Å². The van der Waals surface area contributed by atoms with E-state index in [0.717, 1.165) is 45.9 Å². The van der Waals surface area contributed by atoms with E-state index >= 15 is 0 Å². The number of para-hydroxylation sites is 1. The molecule has 0 aliphatic carbocycles. The maximum atomic E-state index is 5.46. The van der Waals surface area contributed by atoms with Gasteiger partial charge in [0, 0.05) is 17.4 Å². The molecule has 3 aromatic rings. The average molecular weight is 278 g/mol. The van der Waals surface area contributed by atoms with Crippen LogP contribution in [0.2, 0.25) is 0 Å². The van der Waals surface area contributed by atoms with E-state index in [1.807, 2.05) is 36.4 Å². The summed E-state index contributed by atoms with van der Waals surface area (Å²) in [6, 6.07) is 14.0. The Balaban J connectivity index is 1.96. The van der Waals surface area contributed by atoms with Crippen LogP contribution in [0, 0.1) is 0 Å². The molecule has 0 spiro atoms. The minimum absolute atomic E-state index is 0.281. The normalized spacial score (nSPS) is 12.8. The van der Waals surface area contributed by atoms with Crippen LogP contribution in [-0.2, 0) is 6.42 Å². The SMILES string of the molecule is CCc1nc(-c2ccc3c(c2)OCO3)c2ccccc2n1. The maximum absolute atomic E-state index is 5.46. The quantitative estimate of drug-likeness (QED) is 0.718. The van der Waals surface area contributed by atoms with Gasteiger partial charge in [-0.15, -0.1) is 0 Å². The number of benzene rings is 2. The van der Waals surface area contributed by atoms with Gasteiger partial charge in [0.25, 0.3) is 0 Å². The fraction of sp³-hybridized carbons (Fsp3) is 0.176. The largest absolute Gasteiger partial charge is 0.454 e. The Labute approximate surface area is 122 Å². The number of hydrogen-bond donors (Lipinski definition) is 0. The highest BCUT2D eigenvalue weighted by atomic mass is 16.7. The molecule has 104 valence electrons. The molecule has 0 bridgehead atoms. The van der Waals surface area contributed by atoms with Crippen LogP contribution in [-0.4, -0.2) is 16.8 Å². The molecule has 0 saturated carbocycles. The monoisotopic (exact) mass is 278 g/mol. The minimum atomic E-state index is 0.281. The topological polar surface area (TPSA) is 44.2 Å². The lowest BCUT2D eigenvalue weighted by Gasteiger charge is -2.08. The molecule has 2 aromatic carbocycles. The van der Waals surface area contributed by atoms with Crippen molar-refractivity contribution in [2.24, 2.45) is 0 Å². The van der Waals surface area contributed by atoms with Crippen molar-refractivity contribution < 1.29 is 9.47 Å². The molecule has 0 amide bonds. The average Bonchev–Trinajstić information content (AvgIpc) is 3.01. The van der Waals surface area contributed by atoms with E-state index in [0.29, 0.717) is 0 Å². The lowest BCUT2D eigenvalue weighted by molar-refractivity contribution is 0.174. The first-order valence-electron chi connectivity index (χ1n) is 7.01. The van der Waals surface area contributed by atoms with Gasteiger partial charge in [-0.05, 0) is 24.3 Å². The van der Waals surface area contributed by atoms with Gasteiger partial charge in [-0.1, -0.05) is 25.1 Å². The summed E-state index contributed by atoms with van der Waals surface area (Å²) in [4.78, 5) is 9.29. The summed E-state index contributed by atoms with van der Waals surface area (Å²) in [5, 5.41) is 1.05. The van der Waals surface area contributed by atoms with Crippen LogP contribution in [0.1, 0.15) is 12.7 Å². The smallest absolute Gasteiger partial charge is 0.231 e. The highest BCUT2D eigenvalue weighted by Gasteiger charge is 2.16. The van der Waals surface area contributed by atoms with Crippen molar-refractivity contribution in [3.63, 3.8) is 0 Å². The van der Waals surface area contributed by atoms with Gasteiger partial charge in [-0.25, -0.2) is 9.97 Å². The number of rotatable bonds is 2. The molecular weight excluding hydrogens is 264 g/mol. The lowest BCUT2D eigenvalue weighted by atomic mass is 10.1. The molecule has 4 heteroatoms. The molecule has 1 aliphatic heterocycles. The maximum Gasteiger partial charge on any atom is 0.231 e. The molecular formula is C17H14N2O2. The third-order valence-corrected chi connectivity index (χ3v) is 3.61. The molecule has 1 aromatic heterocycles. The van der Waals surface area contributed by atoms with E-state index in [1.165, 1.54) is 0 Å². The van der Waals surface area contributed by atoms with E-state index in [1.54, 1.807) is 0 Å². The fourth-order valence-electron chi connectivity index (χ4n) is 2.55. The van der Waals surface area contributed by atoms with E-state index in [9.17, 15) is 0 Å². The van der Waals surface area contributed by atoms with E-state index in [2.05, 4.69) is 18.0 Å². The van der Waals surface area contributed by atoms with Gasteiger partial charge >= 0.3 is 0 Å². The molecule has 1 aliphatic rings. The highest BCUT2D eigenvalue weighted by molar-refractivity contribution is 5.92. The van der Waals surface area contributed by atoms with Gasteiger partial charge in [0.15, 0.2) is 11.5 Å². The number of fused-ring (bicyclic) bond motifs is 2. The molecule has 4 rings (SSSR count). The fourth-order valence-corrected chi connectivity index (χ4v) is 2.55. The third-order valence-electron chi connectivity index (χ3n) is 3.61. The summed E-state index contributed by atoms with van der Waals surface area (Å²) in [6.07, 6.45) is 0.808. The Morgan fingerprint density at radius 1 is 1.00 bits per heavy atom. The molecule has 0 saturated heterocycles. The molecule has 0 radical (unpaired) electrons. The van der Waals surface area contributed by atoms with Gasteiger partial charge in [-0.2, -0.15) is 0 Å². The first kappa shape index (κ1) is 12.1. The zero-order valence-electron chi connectivity index (χ0n) is 11.7. The van der Waals surface area contributed by atoms with Gasteiger partial charge in [-0.3, -0.25) is 0 Å². The molecule has 21 heavy (non-hydrogen) atoms. The summed E-state index contributed by atoms with van der Waals surface area (Å²) >= 11 is 0. The number of ether oxygens (including phenoxy) is 2. The van der Waals surface area contributed by atoms with Crippen LogP contribution >= 0.6 is 0 Å². The Bertz CT molecular complexity index is 830. The van der Waals surface area contributed by atoms with Gasteiger partial charge < -0.3 is 9.47 Å². The summed E-state index contributed by atoms with van der Waals surface area (Å²) in [5.74, 6) is 2.41. The molecule has 0 unspecified atom stereocenters. The number of aromatic nitrogens is 2. The van der Waals surface area contributed by atoms with Crippen LogP contribution in [0.25, 0.3) is 22.2 Å². The zero-order valence-corrected chi connectivity index (χ0v) is 11.7. The van der Waals surface area contributed by atoms with Crippen molar-refractivity contribution in [3.8, 4) is 22.8 Å². The van der Waals surface area contributed by atoms with Crippen molar-refractivity contribution in [3.05, 3.63) is 48.3 Å². The first-order valence-corrected chi connectivity index (χ1v) is 7.01.